The molecule has 0 radical (unpaired) electrons. The fraction of sp³-hybridized carbons (Fsp3) is 0.500. The molecule has 1 saturated carbocycles. The van der Waals surface area contributed by atoms with E-state index in [1.54, 1.807) is 12.1 Å². The molecule has 102 valence electrons. The van der Waals surface area contributed by atoms with Crippen molar-refractivity contribution in [3.8, 4) is 0 Å². The number of nitrogens with one attached hydrogen (secondary N) is 1. The lowest BCUT2D eigenvalue weighted by Gasteiger charge is -2.27. The minimum atomic E-state index is -0.865. The molecule has 0 amide bonds. The molecule has 4 nitrogen and oxygen atoms in total. The van der Waals surface area contributed by atoms with Gasteiger partial charge in [0, 0.05) is 29.8 Å². The molecule has 0 aromatic heterocycles. The highest BCUT2D eigenvalue weighted by Crippen LogP contribution is 2.35. The third-order valence-electron chi connectivity index (χ3n) is 4.00. The Kier molecular flexibility index (Phi) is 3.15. The number of likely N-dealkylation sites (tertiary alicyclic amines) is 1. The monoisotopic (exact) mass is 280 g/mol. The maximum absolute atomic E-state index is 11.7. The zero-order valence-corrected chi connectivity index (χ0v) is 11.4. The third kappa shape index (κ3) is 2.55. The normalized spacial score (nSPS) is 27.4. The molecule has 1 aliphatic heterocycles. The summed E-state index contributed by atoms with van der Waals surface area (Å²) < 4.78 is 0. The maximum Gasteiger partial charge on any atom is 0.330 e. The van der Waals surface area contributed by atoms with E-state index < -0.39 is 11.5 Å². The Bertz CT molecular complexity index is 487. The van der Waals surface area contributed by atoms with Crippen molar-refractivity contribution in [1.82, 2.24) is 4.90 Å². The molecule has 5 heteroatoms. The molecule has 2 N–H and O–H groups in total. The number of carbonyl (C=O) groups is 1. The second-order valence-electron chi connectivity index (χ2n) is 5.47. The lowest BCUT2D eigenvalue weighted by atomic mass is 9.98. The van der Waals surface area contributed by atoms with Crippen molar-refractivity contribution in [2.24, 2.45) is 0 Å². The highest BCUT2D eigenvalue weighted by atomic mass is 35.5. The minimum Gasteiger partial charge on any atom is -0.479 e. The largest absolute Gasteiger partial charge is 0.479 e. The second kappa shape index (κ2) is 4.69. The van der Waals surface area contributed by atoms with Gasteiger partial charge >= 0.3 is 5.97 Å². The van der Waals surface area contributed by atoms with Crippen molar-refractivity contribution in [2.75, 3.05) is 18.4 Å². The van der Waals surface area contributed by atoms with E-state index in [4.69, 9.17) is 11.6 Å². The number of anilines is 1. The van der Waals surface area contributed by atoms with E-state index in [0.29, 0.717) is 24.0 Å². The Morgan fingerprint density at radius 2 is 2.05 bits per heavy atom. The number of carboxylic acid groups (broad SMARTS) is 1. The molecule has 1 aromatic rings. The average Bonchev–Trinajstić information content (AvgIpc) is 3.14. The molecule has 1 unspecified atom stereocenters. The van der Waals surface area contributed by atoms with Gasteiger partial charge in [-0.1, -0.05) is 11.6 Å². The van der Waals surface area contributed by atoms with Crippen molar-refractivity contribution >= 4 is 23.3 Å². The fourth-order valence-electron chi connectivity index (χ4n) is 2.73. The van der Waals surface area contributed by atoms with E-state index >= 15 is 0 Å². The van der Waals surface area contributed by atoms with E-state index in [-0.39, 0.29) is 0 Å². The van der Waals surface area contributed by atoms with E-state index in [1.165, 1.54) is 12.8 Å². The summed E-state index contributed by atoms with van der Waals surface area (Å²) in [7, 11) is 0. The summed E-state index contributed by atoms with van der Waals surface area (Å²) in [4.78, 5) is 14.0. The molecular formula is C14H17ClN2O2. The lowest BCUT2D eigenvalue weighted by molar-refractivity contribution is -0.141. The first-order chi connectivity index (χ1) is 9.09. The van der Waals surface area contributed by atoms with Crippen LogP contribution in [-0.4, -0.2) is 40.6 Å². The summed E-state index contributed by atoms with van der Waals surface area (Å²) in [6.07, 6.45) is 3.05. The van der Waals surface area contributed by atoms with Crippen LogP contribution in [0.4, 0.5) is 5.69 Å². The van der Waals surface area contributed by atoms with Crippen molar-refractivity contribution < 1.29 is 9.90 Å². The van der Waals surface area contributed by atoms with Gasteiger partial charge in [0.25, 0.3) is 0 Å². The standard InChI is InChI=1S/C14H17ClN2O2/c15-10-1-3-11(4-2-10)16-14(13(18)19)7-8-17(9-14)12-5-6-12/h1-4,12,16H,5-9H2,(H,18,19). The average molecular weight is 281 g/mol. The first-order valence-corrected chi connectivity index (χ1v) is 6.98. The van der Waals surface area contributed by atoms with E-state index in [0.717, 1.165) is 12.2 Å². The number of nitrogens with zero attached hydrogens (tertiary/aromatic N) is 1. The summed E-state index contributed by atoms with van der Waals surface area (Å²) in [6, 6.07) is 7.80. The summed E-state index contributed by atoms with van der Waals surface area (Å²) in [5.74, 6) is -0.773. The van der Waals surface area contributed by atoms with Gasteiger partial charge in [-0.3, -0.25) is 4.90 Å². The third-order valence-corrected chi connectivity index (χ3v) is 4.25. The highest BCUT2D eigenvalue weighted by molar-refractivity contribution is 6.30. The van der Waals surface area contributed by atoms with Crippen LogP contribution in [0.15, 0.2) is 24.3 Å². The van der Waals surface area contributed by atoms with E-state index in [1.807, 2.05) is 12.1 Å². The Hall–Kier alpha value is -1.26. The molecule has 1 heterocycles. The second-order valence-corrected chi connectivity index (χ2v) is 5.91. The van der Waals surface area contributed by atoms with Gasteiger partial charge in [0.2, 0.25) is 0 Å². The number of rotatable bonds is 4. The van der Waals surface area contributed by atoms with Crippen molar-refractivity contribution in [3.63, 3.8) is 0 Å². The van der Waals surface area contributed by atoms with Crippen LogP contribution in [0, 0.1) is 0 Å². The summed E-state index contributed by atoms with van der Waals surface area (Å²) >= 11 is 5.85. The quantitative estimate of drug-likeness (QED) is 0.889. The molecule has 1 saturated heterocycles. The van der Waals surface area contributed by atoms with Gasteiger partial charge in [-0.05, 0) is 43.5 Å². The van der Waals surface area contributed by atoms with Gasteiger partial charge < -0.3 is 10.4 Å². The zero-order chi connectivity index (χ0) is 13.5. The van der Waals surface area contributed by atoms with Crippen LogP contribution in [0.1, 0.15) is 19.3 Å². The molecular weight excluding hydrogens is 264 g/mol. The predicted molar refractivity (Wildman–Crippen MR) is 74.7 cm³/mol. The van der Waals surface area contributed by atoms with Gasteiger partial charge in [-0.25, -0.2) is 4.79 Å². The molecule has 3 rings (SSSR count). The van der Waals surface area contributed by atoms with Crippen LogP contribution >= 0.6 is 11.6 Å². The van der Waals surface area contributed by atoms with Crippen molar-refractivity contribution in [1.29, 1.82) is 0 Å². The van der Waals surface area contributed by atoms with Gasteiger partial charge in [0.05, 0.1) is 0 Å². The van der Waals surface area contributed by atoms with Crippen LogP contribution < -0.4 is 5.32 Å². The zero-order valence-electron chi connectivity index (χ0n) is 10.6. The molecule has 1 aromatic carbocycles. The number of hydrogen-bond acceptors (Lipinski definition) is 3. The predicted octanol–water partition coefficient (Wildman–Crippen LogP) is 2.44. The maximum atomic E-state index is 11.7. The number of carboxylic acids is 1. The van der Waals surface area contributed by atoms with Crippen LogP contribution in [0.3, 0.4) is 0 Å². The van der Waals surface area contributed by atoms with E-state index in [2.05, 4.69) is 10.2 Å². The lowest BCUT2D eigenvalue weighted by Crippen LogP contribution is -2.49. The fourth-order valence-corrected chi connectivity index (χ4v) is 2.86. The van der Waals surface area contributed by atoms with Gasteiger partial charge in [-0.2, -0.15) is 0 Å². The SMILES string of the molecule is O=C(O)C1(Nc2ccc(Cl)cc2)CCN(C2CC2)C1. The number of hydrogen-bond donors (Lipinski definition) is 2. The summed E-state index contributed by atoms with van der Waals surface area (Å²) in [6.45, 7) is 1.44. The van der Waals surface area contributed by atoms with Crippen LogP contribution in [0.25, 0.3) is 0 Å². The first kappa shape index (κ1) is 12.8. The van der Waals surface area contributed by atoms with Gasteiger partial charge in [0.1, 0.15) is 5.54 Å². The molecule has 1 aliphatic carbocycles. The van der Waals surface area contributed by atoms with E-state index in [9.17, 15) is 9.90 Å². The first-order valence-electron chi connectivity index (χ1n) is 6.60. The van der Waals surface area contributed by atoms with Crippen molar-refractivity contribution in [3.05, 3.63) is 29.3 Å². The smallest absolute Gasteiger partial charge is 0.330 e. The molecule has 1 atom stereocenters. The Morgan fingerprint density at radius 3 is 2.63 bits per heavy atom. The van der Waals surface area contributed by atoms with Crippen LogP contribution in [0.2, 0.25) is 5.02 Å². The molecule has 19 heavy (non-hydrogen) atoms. The molecule has 0 bridgehead atoms. The highest BCUT2D eigenvalue weighted by Gasteiger charge is 2.48. The Balaban J connectivity index is 1.77. The molecule has 2 aliphatic rings. The summed E-state index contributed by atoms with van der Waals surface area (Å²) in [5, 5.41) is 13.4. The molecule has 2 fully saturated rings. The Morgan fingerprint density at radius 1 is 1.37 bits per heavy atom. The number of aliphatic carboxylic acids is 1. The summed E-state index contributed by atoms with van der Waals surface area (Å²) in [5.41, 5.74) is -0.0550. The molecule has 0 spiro atoms. The van der Waals surface area contributed by atoms with Crippen molar-refractivity contribution in [2.45, 2.75) is 30.8 Å². The number of halogens is 1. The topological polar surface area (TPSA) is 52.6 Å². The van der Waals surface area contributed by atoms with Crippen LogP contribution in [0.5, 0.6) is 0 Å². The van der Waals surface area contributed by atoms with Crippen LogP contribution in [-0.2, 0) is 4.79 Å². The Labute approximate surface area is 117 Å². The number of benzene rings is 1. The van der Waals surface area contributed by atoms with Gasteiger partial charge in [0.15, 0.2) is 0 Å². The van der Waals surface area contributed by atoms with Gasteiger partial charge in [-0.15, -0.1) is 0 Å². The minimum absolute atomic E-state index is 0.579.